The Labute approximate surface area is 58.1 Å². The van der Waals surface area contributed by atoms with Crippen LogP contribution in [0.1, 0.15) is 5.56 Å². The van der Waals surface area contributed by atoms with Gasteiger partial charge >= 0.3 is 0 Å². The Morgan fingerprint density at radius 3 is 2.11 bits per heavy atom. The maximum atomic E-state index is 2.16. The molecule has 1 radical (unpaired) electrons. The van der Waals surface area contributed by atoms with Crippen molar-refractivity contribution >= 4 is 13.9 Å². The molecule has 0 amide bonds. The molecule has 0 aromatic heterocycles. The Morgan fingerprint density at radius 2 is 1.67 bits per heavy atom. The lowest BCUT2D eigenvalue weighted by Gasteiger charge is -1.93. The van der Waals surface area contributed by atoms with Crippen molar-refractivity contribution in [3.8, 4) is 0 Å². The van der Waals surface area contributed by atoms with Gasteiger partial charge in [0.05, 0.1) is 0 Å². The van der Waals surface area contributed by atoms with Gasteiger partial charge in [0.15, 0.2) is 0 Å². The molecule has 1 rings (SSSR count). The number of hydrogen-bond donors (Lipinski definition) is 0. The Hall–Kier alpha value is -0.350. The van der Waals surface area contributed by atoms with E-state index in [-0.39, 0.29) is 0 Å². The second-order valence-electron chi connectivity index (χ2n) is 2.06. The minimum absolute atomic E-state index is 1.34. The van der Waals surface area contributed by atoms with Gasteiger partial charge in [0.25, 0.3) is 0 Å². The highest BCUT2D eigenvalue weighted by Crippen LogP contribution is 2.03. The van der Waals surface area contributed by atoms with E-state index >= 15 is 0 Å². The molecule has 0 atom stereocenters. The third-order valence-corrected chi connectivity index (χ3v) is 2.11. The van der Waals surface area contributed by atoms with Crippen molar-refractivity contribution in [3.63, 3.8) is 0 Å². The van der Waals surface area contributed by atoms with Crippen LogP contribution in [0.2, 0.25) is 0 Å². The molecule has 0 heterocycles. The second-order valence-corrected chi connectivity index (χ2v) is 3.02. The molecule has 0 saturated heterocycles. The maximum absolute atomic E-state index is 2.16. The van der Waals surface area contributed by atoms with Gasteiger partial charge in [-0.05, 0) is 27.5 Å². The second kappa shape index (κ2) is 2.98. The minimum atomic E-state index is 1.34. The zero-order valence-corrected chi connectivity index (χ0v) is 6.65. The van der Waals surface area contributed by atoms with Gasteiger partial charge in [0.2, 0.25) is 0 Å². The van der Waals surface area contributed by atoms with Gasteiger partial charge in [0.1, 0.15) is 0 Å². The van der Waals surface area contributed by atoms with Gasteiger partial charge in [-0.1, -0.05) is 29.8 Å². The summed E-state index contributed by atoms with van der Waals surface area (Å²) in [4.78, 5) is 0. The van der Waals surface area contributed by atoms with E-state index in [9.17, 15) is 0 Å². The third-order valence-electron chi connectivity index (χ3n) is 1.29. The van der Waals surface area contributed by atoms with Crippen molar-refractivity contribution < 1.29 is 0 Å². The van der Waals surface area contributed by atoms with Crippen molar-refractivity contribution in [1.29, 1.82) is 0 Å². The average Bonchev–Trinajstić information content (AvgIpc) is 1.90. The van der Waals surface area contributed by atoms with Crippen LogP contribution in [-0.2, 0) is 0 Å². The Bertz CT molecular complexity index is 176. The van der Waals surface area contributed by atoms with Crippen molar-refractivity contribution in [2.45, 2.75) is 6.92 Å². The number of benzene rings is 1. The maximum Gasteiger partial charge on any atom is -0.0196 e. The Morgan fingerprint density at radius 1 is 1.11 bits per heavy atom. The van der Waals surface area contributed by atoms with Gasteiger partial charge in [-0.2, -0.15) is 0 Å². The molecule has 0 spiro atoms. The van der Waals surface area contributed by atoms with E-state index in [1.165, 1.54) is 19.4 Å². The van der Waals surface area contributed by atoms with Crippen LogP contribution in [0, 0.1) is 6.92 Å². The van der Waals surface area contributed by atoms with Crippen LogP contribution in [0.4, 0.5) is 0 Å². The summed E-state index contributed by atoms with van der Waals surface area (Å²) in [6.07, 6.45) is 0. The zero-order valence-electron chi connectivity index (χ0n) is 5.76. The van der Waals surface area contributed by atoms with Gasteiger partial charge in [-0.25, -0.2) is 0 Å². The van der Waals surface area contributed by atoms with E-state index in [1.807, 2.05) is 0 Å². The van der Waals surface area contributed by atoms with Crippen molar-refractivity contribution in [1.82, 2.24) is 0 Å². The lowest BCUT2D eigenvalue weighted by atomic mass is 10.2. The predicted molar refractivity (Wildman–Crippen MR) is 43.7 cm³/mol. The summed E-state index contributed by atoms with van der Waals surface area (Å²) < 4.78 is 0. The molecule has 0 aliphatic heterocycles. The standard InChI is InChI=1S/C8H10P/c1-7-3-5-8(9-2)6-4-7/h3-6H,1-2H3. The number of hydrogen-bond acceptors (Lipinski definition) is 0. The fourth-order valence-electron chi connectivity index (χ4n) is 0.694. The summed E-state index contributed by atoms with van der Waals surface area (Å²) in [7, 11) is 1.35. The number of rotatable bonds is 1. The monoisotopic (exact) mass is 137 g/mol. The summed E-state index contributed by atoms with van der Waals surface area (Å²) in [6, 6.07) is 8.62. The molecule has 0 bridgehead atoms. The van der Waals surface area contributed by atoms with E-state index in [0.29, 0.717) is 0 Å². The van der Waals surface area contributed by atoms with Crippen LogP contribution in [-0.4, -0.2) is 6.66 Å². The van der Waals surface area contributed by atoms with Gasteiger partial charge in [-0.15, -0.1) is 0 Å². The molecule has 1 heteroatoms. The molecule has 9 heavy (non-hydrogen) atoms. The topological polar surface area (TPSA) is 0 Å². The van der Waals surface area contributed by atoms with E-state index in [4.69, 9.17) is 0 Å². The fraction of sp³-hybridized carbons (Fsp3) is 0.250. The molecule has 0 unspecified atom stereocenters. The molecular weight excluding hydrogens is 127 g/mol. The molecule has 0 aliphatic carbocycles. The Kier molecular flexibility index (Phi) is 2.24. The summed E-state index contributed by atoms with van der Waals surface area (Å²) in [5.74, 6) is 0. The van der Waals surface area contributed by atoms with Gasteiger partial charge in [-0.3, -0.25) is 0 Å². The van der Waals surface area contributed by atoms with Gasteiger partial charge < -0.3 is 0 Å². The SMILES string of the molecule is C[P]c1ccc(C)cc1. The van der Waals surface area contributed by atoms with Crippen LogP contribution in [0.3, 0.4) is 0 Å². The van der Waals surface area contributed by atoms with Gasteiger partial charge in [0, 0.05) is 0 Å². The molecule has 0 fully saturated rings. The summed E-state index contributed by atoms with van der Waals surface area (Å²) in [5.41, 5.74) is 1.34. The fourth-order valence-corrected chi connectivity index (χ4v) is 1.14. The van der Waals surface area contributed by atoms with Crippen LogP contribution in [0.5, 0.6) is 0 Å². The highest BCUT2D eigenvalue weighted by atomic mass is 31.1. The molecule has 0 saturated carbocycles. The highest BCUT2D eigenvalue weighted by Gasteiger charge is 1.85. The molecule has 0 N–H and O–H groups in total. The summed E-state index contributed by atoms with van der Waals surface area (Å²) in [6.45, 7) is 4.25. The van der Waals surface area contributed by atoms with E-state index in [1.54, 1.807) is 0 Å². The van der Waals surface area contributed by atoms with E-state index < -0.39 is 0 Å². The van der Waals surface area contributed by atoms with Crippen LogP contribution in [0.25, 0.3) is 0 Å². The quantitative estimate of drug-likeness (QED) is 0.520. The van der Waals surface area contributed by atoms with Crippen molar-refractivity contribution in [2.75, 3.05) is 6.66 Å². The Balaban J connectivity index is 2.88. The normalized spacial score (nSPS) is 10.9. The predicted octanol–water partition coefficient (Wildman–Crippen LogP) is 2.20. The molecule has 1 aromatic rings. The summed E-state index contributed by atoms with van der Waals surface area (Å²) >= 11 is 0. The van der Waals surface area contributed by atoms with Crippen LogP contribution in [0.15, 0.2) is 24.3 Å². The lowest BCUT2D eigenvalue weighted by Crippen LogP contribution is -1.90. The lowest BCUT2D eigenvalue weighted by molar-refractivity contribution is 1.49. The largest absolute Gasteiger partial charge is 0.0587 e. The van der Waals surface area contributed by atoms with Crippen molar-refractivity contribution in [2.24, 2.45) is 0 Å². The average molecular weight is 137 g/mol. The molecule has 47 valence electrons. The first-order valence-electron chi connectivity index (χ1n) is 2.99. The molecular formula is C8H10P. The van der Waals surface area contributed by atoms with E-state index in [2.05, 4.69) is 37.9 Å². The minimum Gasteiger partial charge on any atom is -0.0587 e. The number of aryl methyl sites for hydroxylation is 1. The molecule has 1 aromatic carbocycles. The first-order chi connectivity index (χ1) is 4.33. The third kappa shape index (κ3) is 1.80. The first-order valence-corrected chi connectivity index (χ1v) is 4.33. The zero-order chi connectivity index (χ0) is 6.69. The molecule has 0 nitrogen and oxygen atoms in total. The van der Waals surface area contributed by atoms with Crippen LogP contribution >= 0.6 is 8.58 Å². The molecule has 0 aliphatic rings. The van der Waals surface area contributed by atoms with E-state index in [0.717, 1.165) is 0 Å². The first kappa shape index (κ1) is 6.77. The van der Waals surface area contributed by atoms with Crippen molar-refractivity contribution in [3.05, 3.63) is 29.8 Å². The smallest absolute Gasteiger partial charge is 0.0196 e. The highest BCUT2D eigenvalue weighted by molar-refractivity contribution is 7.46. The summed E-state index contributed by atoms with van der Waals surface area (Å²) in [5, 5.41) is 1.39. The van der Waals surface area contributed by atoms with Crippen LogP contribution < -0.4 is 5.30 Å².